The summed E-state index contributed by atoms with van der Waals surface area (Å²) in [5, 5.41) is 9.42. The lowest BCUT2D eigenvalue weighted by molar-refractivity contribution is -0.151. The second kappa shape index (κ2) is 4.29. The van der Waals surface area contributed by atoms with Crippen molar-refractivity contribution in [3.8, 4) is 0 Å². The van der Waals surface area contributed by atoms with E-state index in [1.807, 2.05) is 0 Å². The van der Waals surface area contributed by atoms with Crippen molar-refractivity contribution in [2.75, 3.05) is 13.2 Å². The summed E-state index contributed by atoms with van der Waals surface area (Å²) in [4.78, 5) is 12.1. The maximum atomic E-state index is 11.9. The molecule has 0 saturated heterocycles. The largest absolute Gasteiger partial charge is 0.464 e. The van der Waals surface area contributed by atoms with Crippen LogP contribution in [0.2, 0.25) is 0 Å². The van der Waals surface area contributed by atoms with Crippen LogP contribution >= 0.6 is 0 Å². The Labute approximate surface area is 111 Å². The summed E-state index contributed by atoms with van der Waals surface area (Å²) in [6.07, 6.45) is 0. The first-order chi connectivity index (χ1) is 8.80. The normalized spacial score (nSPS) is 18.3. The summed E-state index contributed by atoms with van der Waals surface area (Å²) in [7, 11) is -3.53. The van der Waals surface area contributed by atoms with Gasteiger partial charge in [0.25, 0.3) is 0 Å². The highest BCUT2D eigenvalue weighted by Crippen LogP contribution is 2.43. The Morgan fingerprint density at radius 3 is 2.53 bits per heavy atom. The van der Waals surface area contributed by atoms with Gasteiger partial charge in [0.1, 0.15) is 0 Å². The Kier molecular flexibility index (Phi) is 3.16. The number of benzene rings is 1. The monoisotopic (exact) mass is 285 g/mol. The standard InChI is InChI=1S/C12H15NO5S/c1-3-18-11(15)12(13,6-14)8-4-5-9-7(2)10(8)19(9,16)17/h4-5,14H,3,6,13H2,1-2H3. The van der Waals surface area contributed by atoms with E-state index in [4.69, 9.17) is 10.5 Å². The van der Waals surface area contributed by atoms with Crippen LogP contribution in [0.1, 0.15) is 18.1 Å². The van der Waals surface area contributed by atoms with Crippen LogP contribution in [0.15, 0.2) is 21.9 Å². The van der Waals surface area contributed by atoms with Crippen LogP contribution in [0.25, 0.3) is 0 Å². The zero-order valence-electron chi connectivity index (χ0n) is 10.6. The molecule has 19 heavy (non-hydrogen) atoms. The molecule has 0 aliphatic carbocycles. The number of sulfone groups is 1. The molecule has 1 aromatic rings. The van der Waals surface area contributed by atoms with E-state index >= 15 is 0 Å². The highest BCUT2D eigenvalue weighted by molar-refractivity contribution is 7.92. The van der Waals surface area contributed by atoms with Crippen molar-refractivity contribution < 1.29 is 23.1 Å². The number of ether oxygens (including phenoxy) is 1. The van der Waals surface area contributed by atoms with E-state index in [1.54, 1.807) is 13.8 Å². The fourth-order valence-corrected chi connectivity index (χ4v) is 4.12. The molecule has 0 radical (unpaired) electrons. The van der Waals surface area contributed by atoms with Crippen LogP contribution in [0.4, 0.5) is 0 Å². The van der Waals surface area contributed by atoms with Crippen LogP contribution in [0, 0.1) is 6.92 Å². The molecule has 7 heteroatoms. The molecule has 3 rings (SSSR count). The second-order valence-electron chi connectivity index (χ2n) is 4.42. The first-order valence-corrected chi connectivity index (χ1v) is 7.25. The molecule has 3 N–H and O–H groups in total. The van der Waals surface area contributed by atoms with Crippen molar-refractivity contribution in [2.45, 2.75) is 29.2 Å². The number of carbonyl (C=O) groups excluding carboxylic acids is 1. The molecule has 1 unspecified atom stereocenters. The van der Waals surface area contributed by atoms with Gasteiger partial charge in [-0.3, -0.25) is 0 Å². The van der Waals surface area contributed by atoms with E-state index in [9.17, 15) is 18.3 Å². The van der Waals surface area contributed by atoms with Gasteiger partial charge in [-0.15, -0.1) is 0 Å². The molecule has 1 atom stereocenters. The Hall–Kier alpha value is -1.44. The molecule has 0 spiro atoms. The van der Waals surface area contributed by atoms with Gasteiger partial charge >= 0.3 is 5.97 Å². The molecule has 104 valence electrons. The third-order valence-corrected chi connectivity index (χ3v) is 5.37. The lowest BCUT2D eigenvalue weighted by Gasteiger charge is -2.32. The number of hydrogen-bond acceptors (Lipinski definition) is 6. The molecule has 2 aliphatic rings. The van der Waals surface area contributed by atoms with Crippen molar-refractivity contribution in [2.24, 2.45) is 5.73 Å². The number of carbonyl (C=O) groups is 1. The molecular weight excluding hydrogens is 270 g/mol. The summed E-state index contributed by atoms with van der Waals surface area (Å²) < 4.78 is 28.7. The highest BCUT2D eigenvalue weighted by Gasteiger charge is 2.46. The number of esters is 1. The minimum atomic E-state index is -3.53. The number of nitrogens with two attached hydrogens (primary N) is 1. The third kappa shape index (κ3) is 1.69. The first-order valence-electron chi connectivity index (χ1n) is 5.76. The Balaban J connectivity index is 2.61. The highest BCUT2D eigenvalue weighted by atomic mass is 32.2. The first kappa shape index (κ1) is 14.0. The number of rotatable bonds is 4. The van der Waals surface area contributed by atoms with Crippen LogP contribution in [-0.4, -0.2) is 32.7 Å². The molecule has 1 aromatic carbocycles. The lowest BCUT2D eigenvalue weighted by Crippen LogP contribution is -2.51. The SMILES string of the molecule is CCOC(=O)C(N)(CO)c1ccc2c(C)c1S2(=O)=O. The van der Waals surface area contributed by atoms with E-state index in [1.165, 1.54) is 12.1 Å². The third-order valence-electron chi connectivity index (χ3n) is 3.28. The fourth-order valence-electron chi connectivity index (χ4n) is 2.25. The van der Waals surface area contributed by atoms with E-state index in [0.717, 1.165) is 0 Å². The van der Waals surface area contributed by atoms with Crippen LogP contribution < -0.4 is 5.73 Å². The number of aliphatic hydroxyl groups excluding tert-OH is 1. The van der Waals surface area contributed by atoms with E-state index in [2.05, 4.69) is 0 Å². The van der Waals surface area contributed by atoms with Gasteiger partial charge < -0.3 is 15.6 Å². The molecular formula is C12H15NO5S. The summed E-state index contributed by atoms with van der Waals surface area (Å²) in [5.41, 5.74) is 4.66. The van der Waals surface area contributed by atoms with Crippen molar-refractivity contribution in [3.05, 3.63) is 23.3 Å². The lowest BCUT2D eigenvalue weighted by atomic mass is 9.90. The average molecular weight is 285 g/mol. The van der Waals surface area contributed by atoms with Gasteiger partial charge in [-0.25, -0.2) is 13.2 Å². The van der Waals surface area contributed by atoms with Crippen LogP contribution in [0.3, 0.4) is 0 Å². The Bertz CT molecular complexity index is 652. The van der Waals surface area contributed by atoms with Crippen LogP contribution in [-0.2, 0) is 24.9 Å². The van der Waals surface area contributed by atoms with Gasteiger partial charge in [0.15, 0.2) is 5.54 Å². The number of aliphatic hydroxyl groups is 1. The van der Waals surface area contributed by atoms with E-state index in [-0.39, 0.29) is 22.0 Å². The quantitative estimate of drug-likeness (QED) is 0.757. The molecule has 2 aliphatic heterocycles. The molecule has 0 fully saturated rings. The number of fused-ring (bicyclic) bond motifs is 2. The molecule has 2 heterocycles. The summed E-state index contributed by atoms with van der Waals surface area (Å²) in [6, 6.07) is 2.84. The van der Waals surface area contributed by atoms with Gasteiger partial charge in [-0.1, -0.05) is 6.07 Å². The Morgan fingerprint density at radius 2 is 2.11 bits per heavy atom. The van der Waals surface area contributed by atoms with Gasteiger partial charge in [0.05, 0.1) is 23.0 Å². The molecule has 6 nitrogen and oxygen atoms in total. The summed E-state index contributed by atoms with van der Waals surface area (Å²) in [5.74, 6) is -0.844. The topological polar surface area (TPSA) is 107 Å². The van der Waals surface area contributed by atoms with Crippen molar-refractivity contribution in [3.63, 3.8) is 0 Å². The predicted octanol–water partition coefficient (Wildman–Crippen LogP) is -0.149. The average Bonchev–Trinajstić information content (AvgIpc) is 2.37. The minimum absolute atomic E-state index is 0.0228. The molecule has 0 saturated carbocycles. The summed E-state index contributed by atoms with van der Waals surface area (Å²) in [6.45, 7) is 2.61. The molecule has 0 amide bonds. The van der Waals surface area contributed by atoms with Crippen LogP contribution in [0.5, 0.6) is 0 Å². The predicted molar refractivity (Wildman–Crippen MR) is 66.2 cm³/mol. The maximum Gasteiger partial charge on any atom is 0.333 e. The minimum Gasteiger partial charge on any atom is -0.464 e. The van der Waals surface area contributed by atoms with E-state index < -0.39 is 28.0 Å². The molecule has 2 bridgehead atoms. The van der Waals surface area contributed by atoms with Crippen molar-refractivity contribution >= 4 is 15.8 Å². The van der Waals surface area contributed by atoms with Gasteiger partial charge in [-0.05, 0) is 25.5 Å². The zero-order valence-corrected chi connectivity index (χ0v) is 11.5. The van der Waals surface area contributed by atoms with Crippen molar-refractivity contribution in [1.82, 2.24) is 0 Å². The second-order valence-corrected chi connectivity index (χ2v) is 6.27. The van der Waals surface area contributed by atoms with Crippen molar-refractivity contribution in [1.29, 1.82) is 0 Å². The van der Waals surface area contributed by atoms with Gasteiger partial charge in [0.2, 0.25) is 9.84 Å². The van der Waals surface area contributed by atoms with E-state index in [0.29, 0.717) is 5.56 Å². The smallest absolute Gasteiger partial charge is 0.333 e. The van der Waals surface area contributed by atoms with Gasteiger partial charge in [-0.2, -0.15) is 0 Å². The molecule has 0 aromatic heterocycles. The fraction of sp³-hybridized carbons (Fsp3) is 0.417. The van der Waals surface area contributed by atoms with Gasteiger partial charge in [0, 0.05) is 5.56 Å². The number of aryl methyl sites for hydroxylation is 1. The Morgan fingerprint density at radius 1 is 1.47 bits per heavy atom. The maximum absolute atomic E-state index is 11.9. The summed E-state index contributed by atoms with van der Waals surface area (Å²) >= 11 is 0. The number of hydrogen-bond donors (Lipinski definition) is 2. The zero-order chi connectivity index (χ0) is 14.4.